The number of fused-ring (bicyclic) bond motifs is 3. The van der Waals surface area contributed by atoms with E-state index in [0.29, 0.717) is 18.2 Å². The van der Waals surface area contributed by atoms with Gasteiger partial charge in [0.1, 0.15) is 29.1 Å². The second-order valence-corrected chi connectivity index (χ2v) is 9.62. The van der Waals surface area contributed by atoms with Gasteiger partial charge in [0.05, 0.1) is 23.7 Å². The molecule has 0 aliphatic carbocycles. The van der Waals surface area contributed by atoms with Gasteiger partial charge in [0.15, 0.2) is 0 Å². The third-order valence-electron chi connectivity index (χ3n) is 6.55. The van der Waals surface area contributed by atoms with Gasteiger partial charge < -0.3 is 10.2 Å². The molecule has 0 amide bonds. The maximum Gasteiger partial charge on any atom is 0.266 e. The molecule has 0 spiro atoms. The Morgan fingerprint density at radius 1 is 1.14 bits per heavy atom. The Balaban J connectivity index is 1.54. The Morgan fingerprint density at radius 2 is 1.94 bits per heavy atom. The lowest BCUT2D eigenvalue weighted by molar-refractivity contribution is 0.146. The smallest absolute Gasteiger partial charge is 0.266 e. The minimum absolute atomic E-state index is 0.170. The number of hydrogen-bond donors (Lipinski definition) is 1. The highest BCUT2D eigenvalue weighted by molar-refractivity contribution is 7.96. The number of aliphatic imine (C=N–C) groups is 1. The zero-order chi connectivity index (χ0) is 24.7. The number of amidine groups is 1. The van der Waals surface area contributed by atoms with Gasteiger partial charge >= 0.3 is 0 Å². The third kappa shape index (κ3) is 4.45. The molecule has 10 heteroatoms. The van der Waals surface area contributed by atoms with E-state index in [4.69, 9.17) is 9.98 Å². The molecule has 5 rings (SSSR count). The predicted octanol–water partition coefficient (Wildman–Crippen LogP) is 5.56. The van der Waals surface area contributed by atoms with Crippen LogP contribution in [0.15, 0.2) is 40.4 Å². The molecule has 2 aromatic rings. The van der Waals surface area contributed by atoms with Gasteiger partial charge in [-0.25, -0.2) is 27.4 Å². The van der Waals surface area contributed by atoms with Gasteiger partial charge in [-0.05, 0) is 38.2 Å². The molecule has 0 bridgehead atoms. The maximum atomic E-state index is 14.8. The lowest BCUT2D eigenvalue weighted by Gasteiger charge is -2.32. The predicted molar refractivity (Wildman–Crippen MR) is 136 cm³/mol. The Morgan fingerprint density at radius 3 is 2.66 bits per heavy atom. The molecule has 0 fully saturated rings. The van der Waals surface area contributed by atoms with Crippen molar-refractivity contribution < 1.29 is 13.2 Å². The second kappa shape index (κ2) is 9.66. The van der Waals surface area contributed by atoms with Crippen molar-refractivity contribution in [2.24, 2.45) is 4.99 Å². The van der Waals surface area contributed by atoms with Gasteiger partial charge in [0, 0.05) is 30.8 Å². The van der Waals surface area contributed by atoms with Crippen LogP contribution in [0.2, 0.25) is 0 Å². The zero-order valence-electron chi connectivity index (χ0n) is 19.9. The SMILES string of the molecule is CSN1CC=C(C2=Cc3c(N[C@H](C)c4cccc(C(F)F)c4F)nc(C)nc3N3CCN=C23)CC1. The summed E-state index contributed by atoms with van der Waals surface area (Å²) in [7, 11) is 0. The Bertz CT molecular complexity index is 1240. The number of aryl methyl sites for hydroxylation is 1. The van der Waals surface area contributed by atoms with Gasteiger partial charge in [-0.3, -0.25) is 4.99 Å². The molecule has 1 N–H and O–H groups in total. The summed E-state index contributed by atoms with van der Waals surface area (Å²) in [6.45, 7) is 6.77. The van der Waals surface area contributed by atoms with E-state index in [2.05, 4.69) is 37.9 Å². The number of nitrogens with zero attached hydrogens (tertiary/aromatic N) is 5. The van der Waals surface area contributed by atoms with Crippen molar-refractivity contribution in [3.8, 4) is 0 Å². The minimum Gasteiger partial charge on any atom is -0.363 e. The maximum absolute atomic E-state index is 14.8. The number of halogens is 3. The second-order valence-electron chi connectivity index (χ2n) is 8.74. The molecular formula is C25H27F3N6S. The van der Waals surface area contributed by atoms with Crippen molar-refractivity contribution in [1.29, 1.82) is 0 Å². The van der Waals surface area contributed by atoms with E-state index >= 15 is 0 Å². The van der Waals surface area contributed by atoms with Crippen LogP contribution in [-0.4, -0.2) is 52.5 Å². The normalized spacial score (nSPS) is 18.6. The first-order valence-electron chi connectivity index (χ1n) is 11.6. The molecule has 3 aliphatic heterocycles. The lowest BCUT2D eigenvalue weighted by atomic mass is 9.94. The molecule has 184 valence electrons. The standard InChI is InChI=1S/C25H27F3N6S/c1-14(17-5-4-6-18(21(17)26)22(27)28)30-23-20-13-19(16-7-10-33(35-3)11-8-16)24-29-9-12-34(24)25(20)32-15(2)31-23/h4-7,13-14,22H,8-12H2,1-3H3,(H,30,31,32)/t14-/m1/s1. The molecule has 0 saturated carbocycles. The number of aromatic nitrogens is 2. The molecule has 1 atom stereocenters. The molecule has 0 unspecified atom stereocenters. The van der Waals surface area contributed by atoms with Crippen molar-refractivity contribution in [1.82, 2.24) is 14.3 Å². The highest BCUT2D eigenvalue weighted by Gasteiger charge is 2.33. The molecule has 6 nitrogen and oxygen atoms in total. The van der Waals surface area contributed by atoms with Gasteiger partial charge in [-0.2, -0.15) is 0 Å². The van der Waals surface area contributed by atoms with Crippen molar-refractivity contribution >= 4 is 35.5 Å². The monoisotopic (exact) mass is 500 g/mol. The number of alkyl halides is 2. The van der Waals surface area contributed by atoms with Crippen molar-refractivity contribution in [3.05, 3.63) is 63.8 Å². The van der Waals surface area contributed by atoms with Crippen LogP contribution in [-0.2, 0) is 0 Å². The third-order valence-corrected chi connectivity index (χ3v) is 7.40. The van der Waals surface area contributed by atoms with E-state index in [1.807, 2.05) is 0 Å². The summed E-state index contributed by atoms with van der Waals surface area (Å²) in [4.78, 5) is 16.2. The summed E-state index contributed by atoms with van der Waals surface area (Å²) in [5.41, 5.74) is 2.67. The Labute approximate surface area is 207 Å². The summed E-state index contributed by atoms with van der Waals surface area (Å²) in [5, 5.41) is 3.28. The van der Waals surface area contributed by atoms with E-state index < -0.39 is 23.8 Å². The van der Waals surface area contributed by atoms with E-state index in [0.717, 1.165) is 54.9 Å². The molecule has 35 heavy (non-hydrogen) atoms. The van der Waals surface area contributed by atoms with Crippen LogP contribution in [0.3, 0.4) is 0 Å². The number of benzene rings is 1. The quantitative estimate of drug-likeness (QED) is 0.524. The molecule has 4 heterocycles. The van der Waals surface area contributed by atoms with Gasteiger partial charge in [-0.1, -0.05) is 36.2 Å². The molecule has 1 aromatic heterocycles. The Kier molecular flexibility index (Phi) is 6.59. The lowest BCUT2D eigenvalue weighted by Crippen LogP contribution is -2.35. The van der Waals surface area contributed by atoms with Crippen LogP contribution in [0.4, 0.5) is 24.8 Å². The first-order valence-corrected chi connectivity index (χ1v) is 12.8. The highest BCUT2D eigenvalue weighted by atomic mass is 32.2. The summed E-state index contributed by atoms with van der Waals surface area (Å²) in [6.07, 6.45) is 4.42. The van der Waals surface area contributed by atoms with Crippen LogP contribution in [0, 0.1) is 12.7 Å². The molecule has 0 radical (unpaired) electrons. The average molecular weight is 501 g/mol. The van der Waals surface area contributed by atoms with Gasteiger partial charge in [0.25, 0.3) is 6.43 Å². The number of anilines is 2. The number of hydrogen-bond acceptors (Lipinski definition) is 7. The van der Waals surface area contributed by atoms with E-state index in [-0.39, 0.29) is 5.56 Å². The van der Waals surface area contributed by atoms with Crippen molar-refractivity contribution in [3.63, 3.8) is 0 Å². The summed E-state index contributed by atoms with van der Waals surface area (Å²) >= 11 is 1.74. The van der Waals surface area contributed by atoms with Crippen LogP contribution in [0.5, 0.6) is 0 Å². The van der Waals surface area contributed by atoms with Crippen LogP contribution >= 0.6 is 11.9 Å². The number of nitrogens with one attached hydrogen (secondary N) is 1. The zero-order valence-corrected chi connectivity index (χ0v) is 20.7. The topological polar surface area (TPSA) is 56.6 Å². The minimum atomic E-state index is -2.87. The van der Waals surface area contributed by atoms with E-state index in [1.54, 1.807) is 25.8 Å². The summed E-state index contributed by atoms with van der Waals surface area (Å²) in [6, 6.07) is 3.52. The average Bonchev–Trinajstić information content (AvgIpc) is 3.34. The van der Waals surface area contributed by atoms with E-state index in [1.165, 1.54) is 17.7 Å². The highest BCUT2D eigenvalue weighted by Crippen LogP contribution is 2.39. The molecule has 3 aliphatic rings. The summed E-state index contributed by atoms with van der Waals surface area (Å²) < 4.78 is 43.6. The molecular weight excluding hydrogens is 473 g/mol. The fourth-order valence-corrected chi connectivity index (χ4v) is 5.26. The first-order chi connectivity index (χ1) is 16.9. The van der Waals surface area contributed by atoms with Crippen molar-refractivity contribution in [2.45, 2.75) is 32.7 Å². The Hall–Kier alpha value is -2.85. The van der Waals surface area contributed by atoms with Crippen LogP contribution in [0.25, 0.3) is 6.08 Å². The molecule has 1 aromatic carbocycles. The van der Waals surface area contributed by atoms with Crippen molar-refractivity contribution in [2.75, 3.05) is 42.7 Å². The van der Waals surface area contributed by atoms with Crippen LogP contribution in [0.1, 0.15) is 48.3 Å². The molecule has 0 saturated heterocycles. The van der Waals surface area contributed by atoms with Crippen LogP contribution < -0.4 is 10.2 Å². The van der Waals surface area contributed by atoms with Gasteiger partial charge in [-0.15, -0.1) is 0 Å². The summed E-state index contributed by atoms with van der Waals surface area (Å²) in [5.74, 6) is 1.91. The number of rotatable bonds is 6. The fourth-order valence-electron chi connectivity index (χ4n) is 4.76. The fraction of sp³-hybridized carbons (Fsp3) is 0.400. The largest absolute Gasteiger partial charge is 0.363 e. The van der Waals surface area contributed by atoms with E-state index in [9.17, 15) is 13.2 Å². The van der Waals surface area contributed by atoms with Gasteiger partial charge in [0.2, 0.25) is 0 Å². The first kappa shape index (κ1) is 23.9.